The molecule has 0 saturated carbocycles. The van der Waals surface area contributed by atoms with E-state index in [0.29, 0.717) is 29.1 Å². The minimum Gasteiger partial charge on any atom is -0.491 e. The second-order valence-corrected chi connectivity index (χ2v) is 9.32. The number of nitrogens with one attached hydrogen (secondary N) is 2. The standard InChI is InChI=1S/C24H30BN3O7/c1-23(2)24(3,4)35-25(34-23)16-8-9-19-20(14-16)28(21(29)27-19)17-6-5-7-18(15-17)33-13-12-32-11-10-26-22(30)31/h5-9,14-15,26H,10-13H2,1-4H3,(H,27,29)(H,30,31). The van der Waals surface area contributed by atoms with Crippen LogP contribution >= 0.6 is 0 Å². The smallest absolute Gasteiger partial charge is 0.491 e. The number of nitrogens with zero attached hydrogens (tertiary/aromatic N) is 1. The molecule has 11 heteroatoms. The Labute approximate surface area is 203 Å². The Morgan fingerprint density at radius 3 is 2.54 bits per heavy atom. The molecule has 35 heavy (non-hydrogen) atoms. The number of carbonyl (C=O) groups is 1. The molecule has 1 amide bonds. The molecule has 3 N–H and O–H groups in total. The van der Waals surface area contributed by atoms with E-state index in [9.17, 15) is 9.59 Å². The van der Waals surface area contributed by atoms with Gasteiger partial charge in [-0.15, -0.1) is 0 Å². The van der Waals surface area contributed by atoms with Crippen molar-refractivity contribution in [1.82, 2.24) is 14.9 Å². The van der Waals surface area contributed by atoms with Gasteiger partial charge in [0.25, 0.3) is 0 Å². The summed E-state index contributed by atoms with van der Waals surface area (Å²) in [6.07, 6.45) is -1.09. The SMILES string of the molecule is CC1(C)OB(c2ccc3[nH]c(=O)n(-c4cccc(OCCOCCNC(=O)O)c4)c3c2)OC1(C)C. The predicted molar refractivity (Wildman–Crippen MR) is 132 cm³/mol. The van der Waals surface area contributed by atoms with E-state index in [1.54, 1.807) is 16.7 Å². The summed E-state index contributed by atoms with van der Waals surface area (Å²) in [7, 11) is -0.539. The molecular weight excluding hydrogens is 453 g/mol. The van der Waals surface area contributed by atoms with Crippen LogP contribution < -0.4 is 21.2 Å². The van der Waals surface area contributed by atoms with Gasteiger partial charge in [0.1, 0.15) is 12.4 Å². The number of benzene rings is 2. The number of ether oxygens (including phenoxy) is 2. The highest BCUT2D eigenvalue weighted by atomic mass is 16.7. The van der Waals surface area contributed by atoms with Crippen LogP contribution in [0.5, 0.6) is 5.75 Å². The highest BCUT2D eigenvalue weighted by molar-refractivity contribution is 6.62. The van der Waals surface area contributed by atoms with E-state index in [2.05, 4.69) is 10.3 Å². The molecule has 10 nitrogen and oxygen atoms in total. The van der Waals surface area contributed by atoms with Crippen molar-refractivity contribution >= 4 is 29.7 Å². The van der Waals surface area contributed by atoms with Crippen molar-refractivity contribution in [3.8, 4) is 11.4 Å². The highest BCUT2D eigenvalue weighted by Crippen LogP contribution is 2.36. The summed E-state index contributed by atoms with van der Waals surface area (Å²) < 4.78 is 25.0. The van der Waals surface area contributed by atoms with E-state index >= 15 is 0 Å². The maximum atomic E-state index is 12.8. The lowest BCUT2D eigenvalue weighted by Gasteiger charge is -2.32. The Balaban J connectivity index is 1.50. The lowest BCUT2D eigenvalue weighted by Crippen LogP contribution is -2.41. The first kappa shape index (κ1) is 24.8. The summed E-state index contributed by atoms with van der Waals surface area (Å²) in [6.45, 7) is 9.06. The second kappa shape index (κ2) is 9.77. The molecule has 0 spiro atoms. The zero-order valence-electron chi connectivity index (χ0n) is 20.3. The Kier molecular flexibility index (Phi) is 6.93. The summed E-state index contributed by atoms with van der Waals surface area (Å²) in [5.41, 5.74) is 1.68. The third-order valence-electron chi connectivity index (χ3n) is 6.33. The predicted octanol–water partition coefficient (Wildman–Crippen LogP) is 2.28. The summed E-state index contributed by atoms with van der Waals surface area (Å²) in [5, 5.41) is 10.8. The third-order valence-corrected chi connectivity index (χ3v) is 6.33. The molecular formula is C24H30BN3O7. The van der Waals surface area contributed by atoms with Crippen molar-refractivity contribution in [3.63, 3.8) is 0 Å². The van der Waals surface area contributed by atoms with Gasteiger partial charge in [-0.3, -0.25) is 4.57 Å². The number of fused-ring (bicyclic) bond motifs is 1. The number of hydrogen-bond acceptors (Lipinski definition) is 6. The molecule has 1 fully saturated rings. The lowest BCUT2D eigenvalue weighted by atomic mass is 9.79. The van der Waals surface area contributed by atoms with E-state index in [1.165, 1.54) is 0 Å². The van der Waals surface area contributed by atoms with E-state index < -0.39 is 24.4 Å². The van der Waals surface area contributed by atoms with E-state index in [1.807, 2.05) is 58.0 Å². The fourth-order valence-corrected chi connectivity index (χ4v) is 3.76. The van der Waals surface area contributed by atoms with Crippen molar-refractivity contribution in [3.05, 3.63) is 52.9 Å². The van der Waals surface area contributed by atoms with Crippen molar-refractivity contribution in [2.45, 2.75) is 38.9 Å². The Morgan fingerprint density at radius 1 is 1.09 bits per heavy atom. The van der Waals surface area contributed by atoms with Gasteiger partial charge in [-0.25, -0.2) is 9.59 Å². The molecule has 0 aliphatic carbocycles. The molecule has 0 bridgehead atoms. The van der Waals surface area contributed by atoms with Crippen LogP contribution in [-0.2, 0) is 14.0 Å². The lowest BCUT2D eigenvalue weighted by molar-refractivity contribution is 0.00578. The van der Waals surface area contributed by atoms with Gasteiger partial charge in [-0.1, -0.05) is 12.1 Å². The molecule has 2 aromatic carbocycles. The molecule has 3 aromatic rings. The zero-order valence-corrected chi connectivity index (χ0v) is 20.3. The average molecular weight is 483 g/mol. The topological polar surface area (TPSA) is 124 Å². The first-order valence-corrected chi connectivity index (χ1v) is 11.5. The van der Waals surface area contributed by atoms with Crippen LogP contribution in [0, 0.1) is 0 Å². The van der Waals surface area contributed by atoms with Crippen LogP contribution in [0.1, 0.15) is 27.7 Å². The molecule has 4 rings (SSSR count). The molecule has 186 valence electrons. The van der Waals surface area contributed by atoms with E-state index in [4.69, 9.17) is 23.9 Å². The molecule has 2 heterocycles. The van der Waals surface area contributed by atoms with Crippen LogP contribution in [0.3, 0.4) is 0 Å². The molecule has 1 aliphatic heterocycles. The van der Waals surface area contributed by atoms with E-state index in [0.717, 1.165) is 5.46 Å². The van der Waals surface area contributed by atoms with Crippen LogP contribution in [0.15, 0.2) is 47.3 Å². The average Bonchev–Trinajstić information content (AvgIpc) is 3.23. The number of rotatable bonds is 9. The van der Waals surface area contributed by atoms with Gasteiger partial charge in [-0.2, -0.15) is 0 Å². The minimum absolute atomic E-state index is 0.211. The largest absolute Gasteiger partial charge is 0.494 e. The minimum atomic E-state index is -1.09. The van der Waals surface area contributed by atoms with Gasteiger partial charge in [0, 0.05) is 12.6 Å². The summed E-state index contributed by atoms with van der Waals surface area (Å²) in [5.74, 6) is 0.582. The molecule has 0 unspecified atom stereocenters. The van der Waals surface area contributed by atoms with Crippen LogP contribution in [0.25, 0.3) is 16.7 Å². The number of H-pyrrole nitrogens is 1. The summed E-state index contributed by atoms with van der Waals surface area (Å²) >= 11 is 0. The molecule has 0 radical (unpaired) electrons. The Morgan fingerprint density at radius 2 is 1.83 bits per heavy atom. The fourth-order valence-electron chi connectivity index (χ4n) is 3.76. The zero-order chi connectivity index (χ0) is 25.2. The Hall–Kier alpha value is -3.28. The maximum Gasteiger partial charge on any atom is 0.494 e. The molecule has 0 atom stereocenters. The normalized spacial score (nSPS) is 16.5. The molecule has 1 aliphatic rings. The number of aromatic nitrogens is 2. The summed E-state index contributed by atoms with van der Waals surface area (Å²) in [6, 6.07) is 12.9. The van der Waals surface area contributed by atoms with Gasteiger partial charge in [0.05, 0.1) is 41.1 Å². The summed E-state index contributed by atoms with van der Waals surface area (Å²) in [4.78, 5) is 26.1. The van der Waals surface area contributed by atoms with E-state index in [-0.39, 0.29) is 25.4 Å². The molecule has 1 saturated heterocycles. The van der Waals surface area contributed by atoms with Gasteiger partial charge in [0.2, 0.25) is 0 Å². The van der Waals surface area contributed by atoms with Gasteiger partial charge in [-0.05, 0) is 57.4 Å². The van der Waals surface area contributed by atoms with Crippen molar-refractivity contribution < 1.29 is 28.7 Å². The quantitative estimate of drug-likeness (QED) is 0.315. The van der Waals surface area contributed by atoms with Gasteiger partial charge < -0.3 is 34.2 Å². The Bertz CT molecular complexity index is 1250. The van der Waals surface area contributed by atoms with Crippen LogP contribution in [-0.4, -0.2) is 65.4 Å². The first-order valence-electron chi connectivity index (χ1n) is 11.5. The third kappa shape index (κ3) is 5.37. The highest BCUT2D eigenvalue weighted by Gasteiger charge is 2.51. The second-order valence-electron chi connectivity index (χ2n) is 9.32. The van der Waals surface area contributed by atoms with Crippen molar-refractivity contribution in [2.75, 3.05) is 26.4 Å². The van der Waals surface area contributed by atoms with Crippen LogP contribution in [0.4, 0.5) is 4.79 Å². The number of imidazole rings is 1. The van der Waals surface area contributed by atoms with Gasteiger partial charge in [0.15, 0.2) is 0 Å². The maximum absolute atomic E-state index is 12.8. The monoisotopic (exact) mass is 483 g/mol. The number of aromatic amines is 1. The number of amides is 1. The van der Waals surface area contributed by atoms with Crippen molar-refractivity contribution in [2.24, 2.45) is 0 Å². The van der Waals surface area contributed by atoms with Crippen LogP contribution in [0.2, 0.25) is 0 Å². The fraction of sp³-hybridized carbons (Fsp3) is 0.417. The first-order chi connectivity index (χ1) is 16.6. The molecule has 1 aromatic heterocycles. The van der Waals surface area contributed by atoms with Gasteiger partial charge >= 0.3 is 18.9 Å². The number of carboxylic acid groups (broad SMARTS) is 1. The number of hydrogen-bond donors (Lipinski definition) is 3. The van der Waals surface area contributed by atoms with Crippen molar-refractivity contribution in [1.29, 1.82) is 0 Å².